The Balaban J connectivity index is 1.90. The van der Waals surface area contributed by atoms with E-state index in [1.165, 1.54) is 18.3 Å². The standard InChI is InChI=1S/C22H19F4N3O/c1-3-13-10-21(30,22(24,25)26)20(15-7-5-4-6-14(13)15)29-18-9-8-17(23)19-16(18)11-27-12(2)28-19/h3-9,11,13,20,29-30H,1,10H2,2H3/t13?,20-,21?/m0/s1. The molecule has 156 valence electrons. The van der Waals surface area contributed by atoms with E-state index >= 15 is 0 Å². The molecule has 0 spiro atoms. The molecule has 1 aliphatic rings. The number of benzene rings is 2. The number of aryl methyl sites for hydroxylation is 1. The van der Waals surface area contributed by atoms with Crippen LogP contribution in [0.15, 0.2) is 55.3 Å². The van der Waals surface area contributed by atoms with E-state index in [1.54, 1.807) is 31.2 Å². The van der Waals surface area contributed by atoms with Crippen LogP contribution in [0.5, 0.6) is 0 Å². The molecule has 0 aliphatic heterocycles. The van der Waals surface area contributed by atoms with E-state index in [-0.39, 0.29) is 16.6 Å². The first kappa shape index (κ1) is 20.3. The molecule has 30 heavy (non-hydrogen) atoms. The normalized spacial score (nSPS) is 23.8. The zero-order chi connectivity index (χ0) is 21.7. The summed E-state index contributed by atoms with van der Waals surface area (Å²) in [5.74, 6) is -0.938. The van der Waals surface area contributed by atoms with Gasteiger partial charge >= 0.3 is 6.18 Å². The van der Waals surface area contributed by atoms with Gasteiger partial charge in [-0.15, -0.1) is 6.58 Å². The number of aromatic nitrogens is 2. The maximum atomic E-state index is 14.2. The third-order valence-corrected chi connectivity index (χ3v) is 5.61. The first-order valence-corrected chi connectivity index (χ1v) is 9.34. The molecule has 4 nitrogen and oxygen atoms in total. The number of fused-ring (bicyclic) bond motifs is 2. The minimum atomic E-state index is -4.91. The van der Waals surface area contributed by atoms with Crippen molar-refractivity contribution in [2.24, 2.45) is 0 Å². The van der Waals surface area contributed by atoms with Gasteiger partial charge in [-0.1, -0.05) is 30.3 Å². The summed E-state index contributed by atoms with van der Waals surface area (Å²) < 4.78 is 56.6. The highest BCUT2D eigenvalue weighted by Gasteiger charge is 2.62. The molecule has 0 saturated carbocycles. The monoisotopic (exact) mass is 417 g/mol. The zero-order valence-corrected chi connectivity index (χ0v) is 16.0. The van der Waals surface area contributed by atoms with Crippen molar-refractivity contribution in [1.29, 1.82) is 0 Å². The molecule has 3 atom stereocenters. The molecule has 0 amide bonds. The average Bonchev–Trinajstić information content (AvgIpc) is 2.71. The summed E-state index contributed by atoms with van der Waals surface area (Å²) in [7, 11) is 0. The second kappa shape index (κ2) is 7.05. The average molecular weight is 417 g/mol. The van der Waals surface area contributed by atoms with Crippen LogP contribution in [0.1, 0.15) is 35.3 Å². The molecule has 0 radical (unpaired) electrons. The lowest BCUT2D eigenvalue weighted by Gasteiger charge is -2.45. The largest absolute Gasteiger partial charge is 0.419 e. The van der Waals surface area contributed by atoms with Gasteiger partial charge in [0, 0.05) is 23.2 Å². The molecule has 1 aliphatic carbocycles. The van der Waals surface area contributed by atoms with Crippen LogP contribution in [0.3, 0.4) is 0 Å². The number of nitrogens with one attached hydrogen (secondary N) is 1. The number of alkyl halides is 3. The van der Waals surface area contributed by atoms with Gasteiger partial charge in [-0.05, 0) is 36.6 Å². The van der Waals surface area contributed by atoms with E-state index in [0.29, 0.717) is 17.0 Å². The van der Waals surface area contributed by atoms with Crippen LogP contribution < -0.4 is 5.32 Å². The van der Waals surface area contributed by atoms with Gasteiger partial charge in [-0.2, -0.15) is 13.2 Å². The molecular weight excluding hydrogens is 398 g/mol. The number of rotatable bonds is 3. The zero-order valence-electron chi connectivity index (χ0n) is 16.0. The molecule has 0 fully saturated rings. The predicted molar refractivity (Wildman–Crippen MR) is 106 cm³/mol. The van der Waals surface area contributed by atoms with Gasteiger partial charge in [0.1, 0.15) is 17.2 Å². The minimum Gasteiger partial charge on any atom is -0.379 e. The van der Waals surface area contributed by atoms with Crippen LogP contribution in [0.25, 0.3) is 10.9 Å². The molecule has 1 heterocycles. The van der Waals surface area contributed by atoms with E-state index < -0.39 is 36.0 Å². The summed E-state index contributed by atoms with van der Waals surface area (Å²) >= 11 is 0. The molecule has 0 bridgehead atoms. The van der Waals surface area contributed by atoms with Gasteiger partial charge in [0.2, 0.25) is 0 Å². The van der Waals surface area contributed by atoms with E-state index in [4.69, 9.17) is 0 Å². The SMILES string of the molecule is C=CC1CC(O)(C(F)(F)F)[C@@H](Nc2ccc(F)c3nc(C)ncc23)c2ccccc21. The van der Waals surface area contributed by atoms with Crippen LogP contribution >= 0.6 is 0 Å². The lowest BCUT2D eigenvalue weighted by atomic mass is 9.70. The Morgan fingerprint density at radius 1 is 1.20 bits per heavy atom. The second-order valence-corrected chi connectivity index (χ2v) is 7.45. The van der Waals surface area contributed by atoms with E-state index in [9.17, 15) is 22.7 Å². The number of hydrogen-bond acceptors (Lipinski definition) is 4. The Morgan fingerprint density at radius 3 is 2.57 bits per heavy atom. The van der Waals surface area contributed by atoms with Crippen LogP contribution in [0, 0.1) is 12.7 Å². The molecule has 8 heteroatoms. The number of allylic oxidation sites excluding steroid dienone is 1. The highest BCUT2D eigenvalue weighted by Crippen LogP contribution is 2.52. The second-order valence-electron chi connectivity index (χ2n) is 7.45. The molecule has 4 rings (SSSR count). The van der Waals surface area contributed by atoms with E-state index in [1.807, 2.05) is 0 Å². The summed E-state index contributed by atoms with van der Waals surface area (Å²) in [6.45, 7) is 5.23. The van der Waals surface area contributed by atoms with Gasteiger partial charge in [0.15, 0.2) is 5.60 Å². The Hall–Kier alpha value is -3.00. The lowest BCUT2D eigenvalue weighted by molar-refractivity contribution is -0.271. The van der Waals surface area contributed by atoms with Crippen LogP contribution in [-0.2, 0) is 0 Å². The predicted octanol–water partition coefficient (Wildman–Crippen LogP) is 5.20. The molecule has 0 saturated heterocycles. The highest BCUT2D eigenvalue weighted by molar-refractivity contribution is 5.91. The summed E-state index contributed by atoms with van der Waals surface area (Å²) in [6.07, 6.45) is -2.72. The summed E-state index contributed by atoms with van der Waals surface area (Å²) in [5, 5.41) is 14.0. The smallest absolute Gasteiger partial charge is 0.379 e. The Bertz CT molecular complexity index is 1130. The summed E-state index contributed by atoms with van der Waals surface area (Å²) in [6, 6.07) is 7.56. The van der Waals surface area contributed by atoms with Gasteiger partial charge in [-0.3, -0.25) is 0 Å². The highest BCUT2D eigenvalue weighted by atomic mass is 19.4. The molecule has 2 N–H and O–H groups in total. The van der Waals surface area contributed by atoms with Crippen molar-refractivity contribution in [2.75, 3.05) is 5.32 Å². The van der Waals surface area contributed by atoms with Gasteiger partial charge in [0.25, 0.3) is 0 Å². The van der Waals surface area contributed by atoms with Crippen LogP contribution in [0.4, 0.5) is 23.2 Å². The Labute approximate surface area is 170 Å². The van der Waals surface area contributed by atoms with Crippen molar-refractivity contribution in [3.05, 3.63) is 78.0 Å². The maximum absolute atomic E-state index is 14.2. The van der Waals surface area contributed by atoms with Gasteiger partial charge in [-0.25, -0.2) is 14.4 Å². The number of aliphatic hydroxyl groups is 1. The molecular formula is C22H19F4N3O. The fraction of sp³-hybridized carbons (Fsp3) is 0.273. The topological polar surface area (TPSA) is 58.0 Å². The van der Waals surface area contributed by atoms with E-state index in [0.717, 1.165) is 6.07 Å². The fourth-order valence-electron chi connectivity index (χ4n) is 4.07. The molecule has 2 aromatic carbocycles. The van der Waals surface area contributed by atoms with Crippen molar-refractivity contribution in [3.63, 3.8) is 0 Å². The number of hydrogen-bond donors (Lipinski definition) is 2. The van der Waals surface area contributed by atoms with Crippen LogP contribution in [0.2, 0.25) is 0 Å². The maximum Gasteiger partial charge on any atom is 0.419 e. The van der Waals surface area contributed by atoms with Crippen molar-refractivity contribution >= 4 is 16.6 Å². The first-order chi connectivity index (χ1) is 14.2. The third kappa shape index (κ3) is 3.11. The summed E-state index contributed by atoms with van der Waals surface area (Å²) in [5.41, 5.74) is -1.91. The van der Waals surface area contributed by atoms with Crippen molar-refractivity contribution in [3.8, 4) is 0 Å². The van der Waals surface area contributed by atoms with Crippen molar-refractivity contribution in [1.82, 2.24) is 9.97 Å². The van der Waals surface area contributed by atoms with Crippen molar-refractivity contribution in [2.45, 2.75) is 37.1 Å². The number of nitrogens with zero attached hydrogens (tertiary/aromatic N) is 2. The lowest BCUT2D eigenvalue weighted by Crippen LogP contribution is -2.55. The molecule has 1 aromatic heterocycles. The number of halogens is 4. The third-order valence-electron chi connectivity index (χ3n) is 5.61. The van der Waals surface area contributed by atoms with Gasteiger partial charge < -0.3 is 10.4 Å². The fourth-order valence-corrected chi connectivity index (χ4v) is 4.07. The Morgan fingerprint density at radius 2 is 1.90 bits per heavy atom. The minimum absolute atomic E-state index is 0.00360. The van der Waals surface area contributed by atoms with Gasteiger partial charge in [0.05, 0.1) is 6.04 Å². The quantitative estimate of drug-likeness (QED) is 0.455. The Kier molecular flexibility index (Phi) is 4.77. The number of anilines is 1. The summed E-state index contributed by atoms with van der Waals surface area (Å²) in [4.78, 5) is 8.10. The molecule has 2 unspecified atom stereocenters. The van der Waals surface area contributed by atoms with Crippen LogP contribution in [-0.4, -0.2) is 26.9 Å². The first-order valence-electron chi connectivity index (χ1n) is 9.34. The van der Waals surface area contributed by atoms with Crippen molar-refractivity contribution < 1.29 is 22.7 Å². The van der Waals surface area contributed by atoms with E-state index in [2.05, 4.69) is 21.9 Å². The molecule has 3 aromatic rings.